The molecule has 0 aromatic heterocycles. The maximum Gasteiger partial charge on any atom is 0.261 e. The van der Waals surface area contributed by atoms with Gasteiger partial charge in [0.1, 0.15) is 17.5 Å². The number of carbonyl (C=O) groups excluding carboxylic acids is 2. The number of nitrogens with zero attached hydrogens (tertiary/aromatic N) is 1. The average molecular weight is 512 g/mol. The zero-order chi connectivity index (χ0) is 23.0. The zero-order valence-electron chi connectivity index (χ0n) is 18.2. The topological polar surface area (TPSA) is 67.9 Å². The Morgan fingerprint density at radius 3 is 2.42 bits per heavy atom. The number of benzene rings is 2. The Bertz CT molecular complexity index is 892. The molecule has 31 heavy (non-hydrogen) atoms. The van der Waals surface area contributed by atoms with Crippen molar-refractivity contribution >= 4 is 39.3 Å². The second kappa shape index (κ2) is 12.0. The van der Waals surface area contributed by atoms with Crippen LogP contribution in [-0.4, -0.2) is 42.5 Å². The molecule has 0 aliphatic carbocycles. The monoisotopic (exact) mass is 510 g/mol. The Labute approximate surface area is 197 Å². The summed E-state index contributed by atoms with van der Waals surface area (Å²) in [5.41, 5.74) is 0.880. The second-order valence-electron chi connectivity index (χ2n) is 7.23. The predicted octanol–water partition coefficient (Wildman–Crippen LogP) is 4.82. The maximum atomic E-state index is 13.1. The number of nitrogens with one attached hydrogen (secondary N) is 1. The summed E-state index contributed by atoms with van der Waals surface area (Å²) < 4.78 is 11.5. The fourth-order valence-corrected chi connectivity index (χ4v) is 3.59. The second-order valence-corrected chi connectivity index (χ2v) is 8.52. The Hall–Kier alpha value is -2.25. The number of rotatable bonds is 10. The summed E-state index contributed by atoms with van der Waals surface area (Å²) in [6.45, 7) is 5.70. The van der Waals surface area contributed by atoms with E-state index in [2.05, 4.69) is 21.2 Å². The molecule has 168 valence electrons. The van der Waals surface area contributed by atoms with Crippen LogP contribution in [0, 0.1) is 0 Å². The van der Waals surface area contributed by atoms with Crippen molar-refractivity contribution < 1.29 is 19.1 Å². The third kappa shape index (κ3) is 7.43. The molecule has 1 N–H and O–H groups in total. The van der Waals surface area contributed by atoms with Crippen LogP contribution in [0.25, 0.3) is 0 Å². The molecule has 0 fully saturated rings. The molecule has 0 spiro atoms. The van der Waals surface area contributed by atoms with Gasteiger partial charge in [-0.3, -0.25) is 9.59 Å². The first-order valence-electron chi connectivity index (χ1n) is 10.1. The largest absolute Gasteiger partial charge is 0.497 e. The highest BCUT2D eigenvalue weighted by Gasteiger charge is 2.27. The minimum Gasteiger partial charge on any atom is -0.497 e. The summed E-state index contributed by atoms with van der Waals surface area (Å²) in [6.07, 6.45) is 0.804. The third-order valence-corrected chi connectivity index (χ3v) is 5.78. The number of ether oxygens (including phenoxy) is 2. The molecular formula is C23H28BrClN2O4. The normalized spacial score (nSPS) is 12.6. The van der Waals surface area contributed by atoms with Crippen LogP contribution >= 0.6 is 27.5 Å². The molecule has 0 unspecified atom stereocenters. The smallest absolute Gasteiger partial charge is 0.261 e. The highest BCUT2D eigenvalue weighted by Crippen LogP contribution is 2.28. The van der Waals surface area contributed by atoms with Crippen molar-refractivity contribution in [3.8, 4) is 11.5 Å². The minimum atomic E-state index is -0.666. The minimum absolute atomic E-state index is 0.0224. The van der Waals surface area contributed by atoms with Crippen molar-refractivity contribution in [2.24, 2.45) is 0 Å². The first kappa shape index (κ1) is 25.0. The predicted molar refractivity (Wildman–Crippen MR) is 126 cm³/mol. The van der Waals surface area contributed by atoms with Crippen LogP contribution in [0.15, 0.2) is 46.9 Å². The summed E-state index contributed by atoms with van der Waals surface area (Å²) in [7, 11) is 1.60. The molecule has 2 rings (SSSR count). The van der Waals surface area contributed by atoms with Gasteiger partial charge in [-0.1, -0.05) is 30.7 Å². The number of carbonyl (C=O) groups is 2. The first-order chi connectivity index (χ1) is 14.7. The highest BCUT2D eigenvalue weighted by molar-refractivity contribution is 9.10. The Balaban J connectivity index is 2.17. The number of halogens is 2. The Morgan fingerprint density at radius 2 is 1.84 bits per heavy atom. The molecule has 2 amide bonds. The fraction of sp³-hybridized carbons (Fsp3) is 0.391. The van der Waals surface area contributed by atoms with Gasteiger partial charge >= 0.3 is 0 Å². The van der Waals surface area contributed by atoms with E-state index in [4.69, 9.17) is 21.1 Å². The lowest BCUT2D eigenvalue weighted by atomic mass is 10.1. The maximum absolute atomic E-state index is 13.1. The molecule has 2 atom stereocenters. The quantitative estimate of drug-likeness (QED) is 0.496. The molecule has 0 radical (unpaired) electrons. The molecule has 2 aromatic rings. The highest BCUT2D eigenvalue weighted by atomic mass is 79.9. The summed E-state index contributed by atoms with van der Waals surface area (Å²) in [4.78, 5) is 27.3. The lowest BCUT2D eigenvalue weighted by Gasteiger charge is -2.29. The molecule has 0 aliphatic heterocycles. The van der Waals surface area contributed by atoms with Gasteiger partial charge in [0.05, 0.1) is 11.6 Å². The van der Waals surface area contributed by atoms with E-state index in [1.54, 1.807) is 32.2 Å². The summed E-state index contributed by atoms with van der Waals surface area (Å²) in [5.74, 6) is 0.715. The third-order valence-electron chi connectivity index (χ3n) is 4.93. The van der Waals surface area contributed by atoms with Crippen LogP contribution in [0.4, 0.5) is 0 Å². The van der Waals surface area contributed by atoms with E-state index in [-0.39, 0.29) is 31.0 Å². The molecule has 0 saturated heterocycles. The van der Waals surface area contributed by atoms with Crippen LogP contribution in [0.5, 0.6) is 11.5 Å². The standard InChI is InChI=1S/C23H28BrClN2O4/c1-5-15(2)26-23(29)16(3)27(13-17-6-9-19(30-4)10-7-17)22(28)14-31-21-11-8-18(25)12-20(21)24/h6-12,15-16H,5,13-14H2,1-4H3,(H,26,29)/t15-,16-/m1/s1. The van der Waals surface area contributed by atoms with E-state index in [9.17, 15) is 9.59 Å². The molecule has 0 aliphatic rings. The van der Waals surface area contributed by atoms with E-state index in [0.29, 0.717) is 15.2 Å². The van der Waals surface area contributed by atoms with E-state index in [1.807, 2.05) is 38.1 Å². The summed E-state index contributed by atoms with van der Waals surface area (Å²) >= 11 is 9.34. The average Bonchev–Trinajstić information content (AvgIpc) is 2.76. The zero-order valence-corrected chi connectivity index (χ0v) is 20.5. The number of hydrogen-bond donors (Lipinski definition) is 1. The molecule has 0 bridgehead atoms. The van der Waals surface area contributed by atoms with E-state index < -0.39 is 6.04 Å². The van der Waals surface area contributed by atoms with Crippen molar-refractivity contribution in [3.05, 3.63) is 57.5 Å². The van der Waals surface area contributed by atoms with Crippen molar-refractivity contribution in [2.75, 3.05) is 13.7 Å². The van der Waals surface area contributed by atoms with Crippen LogP contribution in [0.3, 0.4) is 0 Å². The first-order valence-corrected chi connectivity index (χ1v) is 11.2. The summed E-state index contributed by atoms with van der Waals surface area (Å²) in [5, 5.41) is 3.50. The van der Waals surface area contributed by atoms with Crippen molar-refractivity contribution in [1.82, 2.24) is 10.2 Å². The van der Waals surface area contributed by atoms with Crippen LogP contribution in [0.2, 0.25) is 5.02 Å². The molecule has 8 heteroatoms. The summed E-state index contributed by atoms with van der Waals surface area (Å²) in [6, 6.07) is 11.8. The van der Waals surface area contributed by atoms with E-state index in [1.165, 1.54) is 4.90 Å². The van der Waals surface area contributed by atoms with Gasteiger partial charge in [-0.25, -0.2) is 0 Å². The lowest BCUT2D eigenvalue weighted by molar-refractivity contribution is -0.142. The Kier molecular flexibility index (Phi) is 9.65. The van der Waals surface area contributed by atoms with Crippen molar-refractivity contribution in [3.63, 3.8) is 0 Å². The van der Waals surface area contributed by atoms with E-state index in [0.717, 1.165) is 17.7 Å². The van der Waals surface area contributed by atoms with Crippen LogP contribution < -0.4 is 14.8 Å². The van der Waals surface area contributed by atoms with Gasteiger partial charge in [0.15, 0.2) is 6.61 Å². The number of amides is 2. The number of hydrogen-bond acceptors (Lipinski definition) is 4. The Morgan fingerprint density at radius 1 is 1.16 bits per heavy atom. The lowest BCUT2D eigenvalue weighted by Crippen LogP contribution is -2.50. The molecule has 2 aromatic carbocycles. The van der Waals surface area contributed by atoms with Crippen LogP contribution in [0.1, 0.15) is 32.8 Å². The van der Waals surface area contributed by atoms with Gasteiger partial charge in [-0.05, 0) is 72.1 Å². The van der Waals surface area contributed by atoms with Gasteiger partial charge in [-0.2, -0.15) is 0 Å². The fourth-order valence-electron chi connectivity index (χ4n) is 2.79. The van der Waals surface area contributed by atoms with Gasteiger partial charge < -0.3 is 19.7 Å². The van der Waals surface area contributed by atoms with Crippen molar-refractivity contribution in [2.45, 2.75) is 45.8 Å². The van der Waals surface area contributed by atoms with Gasteiger partial charge in [0, 0.05) is 17.6 Å². The number of methoxy groups -OCH3 is 1. The van der Waals surface area contributed by atoms with Gasteiger partial charge in [-0.15, -0.1) is 0 Å². The van der Waals surface area contributed by atoms with E-state index >= 15 is 0 Å². The molecule has 0 heterocycles. The van der Waals surface area contributed by atoms with Crippen molar-refractivity contribution in [1.29, 1.82) is 0 Å². The SMILES string of the molecule is CC[C@@H](C)NC(=O)[C@@H](C)N(Cc1ccc(OC)cc1)C(=O)COc1ccc(Cl)cc1Br. The van der Waals surface area contributed by atoms with Crippen LogP contribution in [-0.2, 0) is 16.1 Å². The van der Waals surface area contributed by atoms with Gasteiger partial charge in [0.2, 0.25) is 5.91 Å². The molecular weight excluding hydrogens is 484 g/mol. The molecule has 6 nitrogen and oxygen atoms in total. The molecule has 0 saturated carbocycles. The van der Waals surface area contributed by atoms with Gasteiger partial charge in [0.25, 0.3) is 5.91 Å².